The van der Waals surface area contributed by atoms with E-state index < -0.39 is 0 Å². The van der Waals surface area contributed by atoms with Crippen molar-refractivity contribution in [2.24, 2.45) is 0 Å². The summed E-state index contributed by atoms with van der Waals surface area (Å²) < 4.78 is 4.95. The third-order valence-electron chi connectivity index (χ3n) is 7.51. The molecule has 0 spiro atoms. The summed E-state index contributed by atoms with van der Waals surface area (Å²) in [6.45, 7) is 9.31. The minimum absolute atomic E-state index is 1.20. The molecule has 2 heteroatoms. The zero-order valence-electron chi connectivity index (χ0n) is 23.2. The quantitative estimate of drug-likeness (QED) is 0.101. The van der Waals surface area contributed by atoms with Crippen molar-refractivity contribution >= 4 is 0 Å². The van der Waals surface area contributed by atoms with Crippen molar-refractivity contribution in [3.8, 4) is 0 Å². The predicted octanol–water partition coefficient (Wildman–Crippen LogP) is 10.1. The Labute approximate surface area is 208 Å². The molecule has 2 nitrogen and oxygen atoms in total. The molecule has 194 valence electrons. The fraction of sp³-hybridized carbons (Fsp3) is 0.903. The third kappa shape index (κ3) is 17.3. The largest absolute Gasteiger partial charge is 0.253 e. The summed E-state index contributed by atoms with van der Waals surface area (Å²) in [6, 6.07) is 0. The van der Waals surface area contributed by atoms with E-state index in [2.05, 4.69) is 42.3 Å². The third-order valence-corrected chi connectivity index (χ3v) is 7.51. The van der Waals surface area contributed by atoms with Crippen LogP contribution in [0, 0.1) is 6.92 Å². The number of nitrogens with zero attached hydrogens (tertiary/aromatic N) is 2. The molecular formula is C31H61N2+. The molecule has 0 radical (unpaired) electrons. The molecule has 0 N–H and O–H groups in total. The highest BCUT2D eigenvalue weighted by Crippen LogP contribution is 2.13. The minimum Gasteiger partial charge on any atom is -0.234 e. The lowest BCUT2D eigenvalue weighted by molar-refractivity contribution is -0.702. The monoisotopic (exact) mass is 461 g/mol. The summed E-state index contributed by atoms with van der Waals surface area (Å²) in [6.07, 6.45) is 37.5. The Balaban J connectivity index is 1.91. The lowest BCUT2D eigenvalue weighted by Gasteiger charge is -2.04. The maximum atomic E-state index is 2.48. The number of unbranched alkanes of at least 4 members (excludes halogenated alkanes) is 21. The topological polar surface area (TPSA) is 8.81 Å². The van der Waals surface area contributed by atoms with E-state index in [9.17, 15) is 0 Å². The highest BCUT2D eigenvalue weighted by molar-refractivity contribution is 4.79. The summed E-state index contributed by atoms with van der Waals surface area (Å²) in [5, 5.41) is 0. The summed E-state index contributed by atoms with van der Waals surface area (Å²) in [5.74, 6) is 1.45. The zero-order chi connectivity index (χ0) is 23.8. The van der Waals surface area contributed by atoms with Gasteiger partial charge in [0.05, 0.1) is 13.1 Å². The molecule has 1 aromatic rings. The second kappa shape index (κ2) is 23.0. The molecule has 0 fully saturated rings. The molecular weight excluding hydrogens is 400 g/mol. The lowest BCUT2D eigenvalue weighted by atomic mass is 10.0. The van der Waals surface area contributed by atoms with Crippen LogP contribution in [0.25, 0.3) is 0 Å². The predicted molar refractivity (Wildman–Crippen MR) is 147 cm³/mol. The fourth-order valence-corrected chi connectivity index (χ4v) is 5.08. The lowest BCUT2D eigenvalue weighted by Crippen LogP contribution is -2.35. The molecule has 0 atom stereocenters. The average Bonchev–Trinajstić information content (AvgIpc) is 3.17. The normalized spacial score (nSPS) is 11.5. The van der Waals surface area contributed by atoms with E-state index in [-0.39, 0.29) is 0 Å². The zero-order valence-corrected chi connectivity index (χ0v) is 23.2. The number of imidazole rings is 1. The molecule has 0 aromatic carbocycles. The Morgan fingerprint density at radius 3 is 1.30 bits per heavy atom. The Bertz CT molecular complexity index is 519. The number of aromatic nitrogens is 2. The fourth-order valence-electron chi connectivity index (χ4n) is 5.08. The van der Waals surface area contributed by atoms with Crippen molar-refractivity contribution in [3.63, 3.8) is 0 Å². The molecule has 1 heterocycles. The Morgan fingerprint density at radius 1 is 0.515 bits per heavy atom. The van der Waals surface area contributed by atoms with Crippen LogP contribution in [0.5, 0.6) is 0 Å². The van der Waals surface area contributed by atoms with Crippen molar-refractivity contribution in [1.82, 2.24) is 4.57 Å². The minimum atomic E-state index is 1.20. The first-order valence-corrected chi connectivity index (χ1v) is 15.3. The number of rotatable bonds is 25. The summed E-state index contributed by atoms with van der Waals surface area (Å²) in [7, 11) is 0. The van der Waals surface area contributed by atoms with Crippen molar-refractivity contribution in [3.05, 3.63) is 18.2 Å². The number of hydrogen-bond acceptors (Lipinski definition) is 0. The molecule has 0 aliphatic rings. The van der Waals surface area contributed by atoms with Crippen molar-refractivity contribution in [1.29, 1.82) is 0 Å². The smallest absolute Gasteiger partial charge is 0.234 e. The Morgan fingerprint density at radius 2 is 0.879 bits per heavy atom. The summed E-state index contributed by atoms with van der Waals surface area (Å²) in [5.41, 5.74) is 0. The second-order valence-corrected chi connectivity index (χ2v) is 10.7. The van der Waals surface area contributed by atoms with Gasteiger partial charge in [-0.1, -0.05) is 136 Å². The van der Waals surface area contributed by atoms with Crippen LogP contribution in [0.3, 0.4) is 0 Å². The van der Waals surface area contributed by atoms with Crippen molar-refractivity contribution < 1.29 is 4.57 Å². The van der Waals surface area contributed by atoms with Gasteiger partial charge in [-0.3, -0.25) is 0 Å². The van der Waals surface area contributed by atoms with Crippen molar-refractivity contribution in [2.45, 2.75) is 182 Å². The van der Waals surface area contributed by atoms with Crippen LogP contribution in [0.4, 0.5) is 0 Å². The Hall–Kier alpha value is -0.790. The van der Waals surface area contributed by atoms with Gasteiger partial charge in [0, 0.05) is 6.92 Å². The van der Waals surface area contributed by atoms with E-state index >= 15 is 0 Å². The van der Waals surface area contributed by atoms with E-state index in [4.69, 9.17) is 0 Å². The van der Waals surface area contributed by atoms with Gasteiger partial charge in [-0.25, -0.2) is 9.13 Å². The van der Waals surface area contributed by atoms with Crippen molar-refractivity contribution in [2.75, 3.05) is 0 Å². The van der Waals surface area contributed by atoms with E-state index in [1.165, 1.54) is 167 Å². The van der Waals surface area contributed by atoms with Gasteiger partial charge in [0.25, 0.3) is 5.82 Å². The van der Waals surface area contributed by atoms with Gasteiger partial charge in [0.15, 0.2) is 0 Å². The average molecular weight is 462 g/mol. The SMILES string of the molecule is CCCCCCCCCCCCCCCCC[n+]1ccn(CCCCCCCCCC)c1C. The molecule has 0 aliphatic carbocycles. The first-order chi connectivity index (χ1) is 16.3. The maximum absolute atomic E-state index is 2.48. The maximum Gasteiger partial charge on any atom is 0.253 e. The van der Waals surface area contributed by atoms with Gasteiger partial charge < -0.3 is 0 Å². The van der Waals surface area contributed by atoms with Gasteiger partial charge in [0.1, 0.15) is 12.4 Å². The highest BCUT2D eigenvalue weighted by atomic mass is 15.1. The highest BCUT2D eigenvalue weighted by Gasteiger charge is 2.11. The second-order valence-electron chi connectivity index (χ2n) is 10.7. The molecule has 33 heavy (non-hydrogen) atoms. The molecule has 0 saturated heterocycles. The van der Waals surface area contributed by atoms with E-state index in [1.54, 1.807) is 0 Å². The Kier molecular flexibility index (Phi) is 21.1. The van der Waals surface area contributed by atoms with Crippen LogP contribution < -0.4 is 4.57 Å². The molecule has 0 aliphatic heterocycles. The molecule has 0 saturated carbocycles. The molecule has 1 aromatic heterocycles. The number of aryl methyl sites for hydroxylation is 2. The van der Waals surface area contributed by atoms with Crippen LogP contribution in [0.2, 0.25) is 0 Å². The molecule has 1 rings (SSSR count). The molecule has 0 unspecified atom stereocenters. The van der Waals surface area contributed by atoms with Crippen LogP contribution in [-0.2, 0) is 13.1 Å². The van der Waals surface area contributed by atoms with Gasteiger partial charge in [-0.05, 0) is 25.7 Å². The van der Waals surface area contributed by atoms with Gasteiger partial charge in [-0.2, -0.15) is 0 Å². The first-order valence-electron chi connectivity index (χ1n) is 15.3. The van der Waals surface area contributed by atoms with Crippen LogP contribution in [-0.4, -0.2) is 4.57 Å². The van der Waals surface area contributed by atoms with Crippen LogP contribution >= 0.6 is 0 Å². The summed E-state index contributed by atoms with van der Waals surface area (Å²) in [4.78, 5) is 0. The van der Waals surface area contributed by atoms with E-state index in [0.717, 1.165) is 0 Å². The summed E-state index contributed by atoms with van der Waals surface area (Å²) >= 11 is 0. The van der Waals surface area contributed by atoms with E-state index in [0.29, 0.717) is 0 Å². The number of hydrogen-bond donors (Lipinski definition) is 0. The van der Waals surface area contributed by atoms with Gasteiger partial charge in [-0.15, -0.1) is 0 Å². The standard InChI is InChI=1S/C31H61N2/c1-4-6-8-10-12-14-15-16-17-18-19-20-22-24-26-28-33-30-29-32(31(33)3)27-25-23-21-13-11-9-7-5-2/h29-30H,4-28H2,1-3H3/q+1. The van der Waals surface area contributed by atoms with Gasteiger partial charge in [0.2, 0.25) is 0 Å². The molecule has 0 bridgehead atoms. The van der Waals surface area contributed by atoms with E-state index in [1.807, 2.05) is 0 Å². The molecule has 0 amide bonds. The first kappa shape index (κ1) is 30.2. The van der Waals surface area contributed by atoms with Crippen LogP contribution in [0.15, 0.2) is 12.4 Å². The van der Waals surface area contributed by atoms with Crippen LogP contribution in [0.1, 0.15) is 167 Å². The van der Waals surface area contributed by atoms with Gasteiger partial charge >= 0.3 is 0 Å².